The first kappa shape index (κ1) is 32.9. The minimum atomic E-state index is 0.902. The van der Waals surface area contributed by atoms with Gasteiger partial charge < -0.3 is 4.42 Å². The molecule has 14 rings (SSSR count). The summed E-state index contributed by atoms with van der Waals surface area (Å²) in [7, 11) is 0. The Bertz CT molecular complexity index is 4080. The topological polar surface area (TPSA) is 13.1 Å². The molecular weight excluding hydrogens is 737 g/mol. The zero-order chi connectivity index (χ0) is 39.8. The van der Waals surface area contributed by atoms with E-state index in [2.05, 4.69) is 206 Å². The highest BCUT2D eigenvalue weighted by molar-refractivity contribution is 6.31. The predicted octanol–water partition coefficient (Wildman–Crippen LogP) is 17.2. The van der Waals surface area contributed by atoms with Crippen LogP contribution in [-0.4, -0.2) is 0 Å². The van der Waals surface area contributed by atoms with Gasteiger partial charge in [-0.3, -0.25) is 0 Å². The first-order valence-corrected chi connectivity index (χ1v) is 21.2. The van der Waals surface area contributed by atoms with Crippen LogP contribution in [0.1, 0.15) is 0 Å². The van der Waals surface area contributed by atoms with E-state index in [1.54, 1.807) is 0 Å². The molecule has 1 heterocycles. The van der Waals surface area contributed by atoms with E-state index in [1.165, 1.54) is 114 Å². The fraction of sp³-hybridized carbons (Fsp3) is 0. The maximum Gasteiger partial charge on any atom is 0.143 e. The van der Waals surface area contributed by atoms with Crippen molar-refractivity contribution in [1.82, 2.24) is 0 Å². The summed E-state index contributed by atoms with van der Waals surface area (Å²) < 4.78 is 6.95. The lowest BCUT2D eigenvalue weighted by atomic mass is 9.85. The van der Waals surface area contributed by atoms with Crippen molar-refractivity contribution in [2.45, 2.75) is 0 Å². The van der Waals surface area contributed by atoms with Crippen molar-refractivity contribution in [3.63, 3.8) is 0 Å². The fourth-order valence-electron chi connectivity index (χ4n) is 10.8. The lowest BCUT2D eigenvalue weighted by Crippen LogP contribution is -1.91. The lowest BCUT2D eigenvalue weighted by molar-refractivity contribution is 0.670. The second-order valence-electron chi connectivity index (χ2n) is 16.7. The Balaban J connectivity index is 1.01. The molecule has 14 aromatic rings. The summed E-state index contributed by atoms with van der Waals surface area (Å²) >= 11 is 0. The molecule has 0 unspecified atom stereocenters. The number of hydrogen-bond donors (Lipinski definition) is 0. The lowest BCUT2D eigenvalue weighted by Gasteiger charge is -2.18. The highest BCUT2D eigenvalue weighted by Crippen LogP contribution is 2.48. The minimum Gasteiger partial charge on any atom is -0.455 e. The molecule has 0 aliphatic carbocycles. The third-order valence-electron chi connectivity index (χ3n) is 13.6. The summed E-state index contributed by atoms with van der Waals surface area (Å²) in [5, 5.41) is 20.1. The van der Waals surface area contributed by atoms with Gasteiger partial charge in [0.1, 0.15) is 11.2 Å². The van der Waals surface area contributed by atoms with Crippen LogP contribution in [0.15, 0.2) is 211 Å². The zero-order valence-corrected chi connectivity index (χ0v) is 33.0. The Morgan fingerprint density at radius 2 is 0.656 bits per heavy atom. The number of para-hydroxylation sites is 1. The van der Waals surface area contributed by atoms with Crippen LogP contribution >= 0.6 is 0 Å². The SMILES string of the molecule is c1ccc(-c2ccc3ccc4c(-c5ccc6cc(-c7ccc8ccc9c(-c%10ccccc%10)ccc%10ccc7c8c%109)c7oc8ccccc8c7c6c5)ccc5ccc2c3c54)cc1. The Kier molecular flexibility index (Phi) is 6.62. The monoisotopic (exact) mass is 770 g/mol. The highest BCUT2D eigenvalue weighted by Gasteiger charge is 2.22. The molecule has 0 radical (unpaired) electrons. The molecule has 0 aliphatic heterocycles. The number of rotatable bonds is 4. The number of furan rings is 1. The largest absolute Gasteiger partial charge is 0.455 e. The van der Waals surface area contributed by atoms with Crippen LogP contribution in [0.2, 0.25) is 0 Å². The second kappa shape index (κ2) is 12.3. The summed E-state index contributed by atoms with van der Waals surface area (Å²) in [4.78, 5) is 0. The van der Waals surface area contributed by atoms with Gasteiger partial charge in [0, 0.05) is 16.3 Å². The Morgan fingerprint density at radius 1 is 0.230 bits per heavy atom. The van der Waals surface area contributed by atoms with Crippen LogP contribution in [0, 0.1) is 0 Å². The van der Waals surface area contributed by atoms with E-state index in [-0.39, 0.29) is 0 Å². The van der Waals surface area contributed by atoms with E-state index < -0.39 is 0 Å². The van der Waals surface area contributed by atoms with Gasteiger partial charge in [-0.05, 0) is 133 Å². The van der Waals surface area contributed by atoms with Gasteiger partial charge in [-0.15, -0.1) is 0 Å². The molecule has 0 N–H and O–H groups in total. The van der Waals surface area contributed by atoms with E-state index in [0.29, 0.717) is 0 Å². The maximum absolute atomic E-state index is 6.95. The summed E-state index contributed by atoms with van der Waals surface area (Å²) in [5.74, 6) is 0. The van der Waals surface area contributed by atoms with E-state index in [4.69, 9.17) is 4.42 Å². The van der Waals surface area contributed by atoms with Crippen molar-refractivity contribution in [2.24, 2.45) is 0 Å². The van der Waals surface area contributed by atoms with Gasteiger partial charge in [-0.1, -0.05) is 188 Å². The van der Waals surface area contributed by atoms with Crippen LogP contribution in [0.5, 0.6) is 0 Å². The van der Waals surface area contributed by atoms with Gasteiger partial charge in [-0.25, -0.2) is 0 Å². The Hall–Kier alpha value is -8.00. The molecular formula is C60H34O. The van der Waals surface area contributed by atoms with Gasteiger partial charge in [-0.2, -0.15) is 0 Å². The van der Waals surface area contributed by atoms with E-state index in [1.807, 2.05) is 0 Å². The van der Waals surface area contributed by atoms with Gasteiger partial charge in [0.2, 0.25) is 0 Å². The normalized spacial score (nSPS) is 12.3. The molecule has 280 valence electrons. The van der Waals surface area contributed by atoms with Crippen molar-refractivity contribution >= 4 is 97.3 Å². The van der Waals surface area contributed by atoms with Crippen LogP contribution in [0.3, 0.4) is 0 Å². The molecule has 13 aromatic carbocycles. The van der Waals surface area contributed by atoms with E-state index >= 15 is 0 Å². The molecule has 0 saturated carbocycles. The average molecular weight is 771 g/mol. The van der Waals surface area contributed by atoms with Crippen LogP contribution in [-0.2, 0) is 0 Å². The van der Waals surface area contributed by atoms with Crippen molar-refractivity contribution in [2.75, 3.05) is 0 Å². The van der Waals surface area contributed by atoms with Gasteiger partial charge in [0.05, 0.1) is 0 Å². The standard InChI is InChI=1S/C60H34O/c1-3-9-35(10-4-1)43-25-17-37-23-31-49-45(27-19-39-21-29-47(43)55(37)57(39)49)41-15-16-42-34-53(60-59(52(42)33-41)51-13-7-8-14-54(51)61-60)46-28-20-40-22-30-48-44(36-11-5-2-6-12-36)26-18-38-24-32-50(46)58(40)56(38)48/h1-34H. The molecule has 1 nitrogen and oxygen atoms in total. The first-order valence-electron chi connectivity index (χ1n) is 21.2. The zero-order valence-electron chi connectivity index (χ0n) is 33.0. The number of benzene rings is 13. The highest BCUT2D eigenvalue weighted by atomic mass is 16.3. The smallest absolute Gasteiger partial charge is 0.143 e. The quantitative estimate of drug-likeness (QED) is 0.162. The molecule has 0 aliphatic rings. The summed E-state index contributed by atoms with van der Waals surface area (Å²) in [6, 6.07) is 76.2. The Morgan fingerprint density at radius 3 is 1.20 bits per heavy atom. The third-order valence-corrected chi connectivity index (χ3v) is 13.6. The van der Waals surface area contributed by atoms with Crippen LogP contribution in [0.25, 0.3) is 142 Å². The van der Waals surface area contributed by atoms with Crippen molar-refractivity contribution in [1.29, 1.82) is 0 Å². The third kappa shape index (κ3) is 4.61. The molecule has 1 aromatic heterocycles. The predicted molar refractivity (Wildman–Crippen MR) is 260 cm³/mol. The van der Waals surface area contributed by atoms with Gasteiger partial charge in [0.15, 0.2) is 0 Å². The summed E-state index contributed by atoms with van der Waals surface area (Å²) in [6.07, 6.45) is 0. The molecule has 0 amide bonds. The number of fused-ring (bicyclic) bond motifs is 5. The molecule has 0 saturated heterocycles. The summed E-state index contributed by atoms with van der Waals surface area (Å²) in [5.41, 5.74) is 11.6. The molecule has 0 bridgehead atoms. The van der Waals surface area contributed by atoms with E-state index in [0.717, 1.165) is 27.5 Å². The maximum atomic E-state index is 6.95. The molecule has 0 fully saturated rings. The minimum absolute atomic E-state index is 0.902. The molecule has 0 atom stereocenters. The average Bonchev–Trinajstić information content (AvgIpc) is 3.73. The fourth-order valence-corrected chi connectivity index (χ4v) is 10.8. The number of hydrogen-bond acceptors (Lipinski definition) is 1. The van der Waals surface area contributed by atoms with Crippen molar-refractivity contribution in [3.05, 3.63) is 206 Å². The van der Waals surface area contributed by atoms with Crippen LogP contribution < -0.4 is 0 Å². The van der Waals surface area contributed by atoms with Gasteiger partial charge >= 0.3 is 0 Å². The first-order chi connectivity index (χ1) is 30.2. The Labute approximate surface area is 351 Å². The van der Waals surface area contributed by atoms with Crippen LogP contribution in [0.4, 0.5) is 0 Å². The van der Waals surface area contributed by atoms with Crippen molar-refractivity contribution < 1.29 is 4.42 Å². The molecule has 61 heavy (non-hydrogen) atoms. The summed E-state index contributed by atoms with van der Waals surface area (Å²) in [6.45, 7) is 0. The van der Waals surface area contributed by atoms with Gasteiger partial charge in [0.25, 0.3) is 0 Å². The molecule has 0 spiro atoms. The van der Waals surface area contributed by atoms with Crippen molar-refractivity contribution in [3.8, 4) is 44.5 Å². The molecule has 1 heteroatoms. The van der Waals surface area contributed by atoms with E-state index in [9.17, 15) is 0 Å². The second-order valence-corrected chi connectivity index (χ2v) is 16.7.